The second-order valence-corrected chi connectivity index (χ2v) is 4.89. The Morgan fingerprint density at radius 3 is 2.00 bits per heavy atom. The summed E-state index contributed by atoms with van der Waals surface area (Å²) in [6.45, 7) is 5.66. The zero-order valence-electron chi connectivity index (χ0n) is 9.09. The maximum Gasteiger partial charge on any atom is 0.0820 e. The SMILES string of the molecule is C#CCC(C[N+](C)(C)C)C(C)C. The molecule has 0 aromatic carbocycles. The van der Waals surface area contributed by atoms with Crippen LogP contribution in [0.15, 0.2) is 0 Å². The van der Waals surface area contributed by atoms with Gasteiger partial charge in [0, 0.05) is 12.3 Å². The molecule has 0 fully saturated rings. The van der Waals surface area contributed by atoms with E-state index in [-0.39, 0.29) is 0 Å². The molecule has 0 spiro atoms. The van der Waals surface area contributed by atoms with Crippen molar-refractivity contribution in [1.82, 2.24) is 0 Å². The van der Waals surface area contributed by atoms with Gasteiger partial charge in [-0.2, -0.15) is 0 Å². The number of quaternary nitrogens is 1. The lowest BCUT2D eigenvalue weighted by molar-refractivity contribution is -0.874. The minimum Gasteiger partial charge on any atom is -0.331 e. The summed E-state index contributed by atoms with van der Waals surface area (Å²) in [5.41, 5.74) is 0. The summed E-state index contributed by atoms with van der Waals surface area (Å²) in [6, 6.07) is 0. The third kappa shape index (κ3) is 5.21. The molecule has 0 saturated heterocycles. The van der Waals surface area contributed by atoms with E-state index in [4.69, 9.17) is 6.42 Å². The Balaban J connectivity index is 4.07. The van der Waals surface area contributed by atoms with Gasteiger partial charge in [-0.3, -0.25) is 0 Å². The highest BCUT2D eigenvalue weighted by molar-refractivity contribution is 4.87. The molecule has 0 rings (SSSR count). The standard InChI is InChI=1S/C11H22N/c1-7-8-11(10(2)3)9-12(4,5)6/h1,10-11H,8-9H2,2-6H3/q+1. The first-order chi connectivity index (χ1) is 5.37. The van der Waals surface area contributed by atoms with Gasteiger partial charge < -0.3 is 4.48 Å². The van der Waals surface area contributed by atoms with Crippen molar-refractivity contribution < 1.29 is 4.48 Å². The van der Waals surface area contributed by atoms with Crippen molar-refractivity contribution in [2.75, 3.05) is 27.7 Å². The lowest BCUT2D eigenvalue weighted by atomic mass is 9.92. The fourth-order valence-electron chi connectivity index (χ4n) is 1.37. The van der Waals surface area contributed by atoms with E-state index in [2.05, 4.69) is 40.9 Å². The summed E-state index contributed by atoms with van der Waals surface area (Å²) < 4.78 is 1.00. The Morgan fingerprint density at radius 1 is 1.25 bits per heavy atom. The molecule has 0 aromatic heterocycles. The molecular weight excluding hydrogens is 146 g/mol. The van der Waals surface area contributed by atoms with E-state index in [9.17, 15) is 0 Å². The number of terminal acetylenes is 1. The van der Waals surface area contributed by atoms with E-state index in [1.54, 1.807) is 0 Å². The fraction of sp³-hybridized carbons (Fsp3) is 0.818. The van der Waals surface area contributed by atoms with Gasteiger partial charge in [-0.05, 0) is 5.92 Å². The molecule has 70 valence electrons. The van der Waals surface area contributed by atoms with E-state index < -0.39 is 0 Å². The normalized spacial score (nSPS) is 14.4. The van der Waals surface area contributed by atoms with Gasteiger partial charge in [0.25, 0.3) is 0 Å². The first-order valence-corrected chi connectivity index (χ1v) is 4.60. The molecule has 0 aliphatic rings. The van der Waals surface area contributed by atoms with Crippen molar-refractivity contribution in [3.8, 4) is 12.3 Å². The third-order valence-corrected chi connectivity index (χ3v) is 2.11. The smallest absolute Gasteiger partial charge is 0.0820 e. The van der Waals surface area contributed by atoms with Crippen LogP contribution < -0.4 is 0 Å². The van der Waals surface area contributed by atoms with Gasteiger partial charge in [0.05, 0.1) is 27.7 Å². The molecule has 0 bridgehead atoms. The molecule has 0 aliphatic carbocycles. The summed E-state index contributed by atoms with van der Waals surface area (Å²) in [4.78, 5) is 0. The van der Waals surface area contributed by atoms with E-state index >= 15 is 0 Å². The molecule has 0 aromatic rings. The maximum atomic E-state index is 5.33. The molecule has 1 nitrogen and oxygen atoms in total. The number of hydrogen-bond acceptors (Lipinski definition) is 0. The van der Waals surface area contributed by atoms with Crippen LogP contribution in [0.1, 0.15) is 20.3 Å². The molecule has 0 radical (unpaired) electrons. The first-order valence-electron chi connectivity index (χ1n) is 4.60. The van der Waals surface area contributed by atoms with Crippen LogP contribution in [0.5, 0.6) is 0 Å². The maximum absolute atomic E-state index is 5.33. The zero-order valence-corrected chi connectivity index (χ0v) is 9.09. The quantitative estimate of drug-likeness (QED) is 0.445. The summed E-state index contributed by atoms with van der Waals surface area (Å²) in [6.07, 6.45) is 6.24. The molecule has 1 unspecified atom stereocenters. The molecule has 0 amide bonds. The predicted molar refractivity (Wildman–Crippen MR) is 54.7 cm³/mol. The Kier molecular flexibility index (Phi) is 4.34. The highest BCUT2D eigenvalue weighted by Gasteiger charge is 2.19. The van der Waals surface area contributed by atoms with E-state index in [0.717, 1.165) is 10.9 Å². The second kappa shape index (κ2) is 4.52. The lowest BCUT2D eigenvalue weighted by Gasteiger charge is -2.30. The number of rotatable bonds is 4. The van der Waals surface area contributed by atoms with Gasteiger partial charge >= 0.3 is 0 Å². The summed E-state index contributed by atoms with van der Waals surface area (Å²) in [5, 5.41) is 0. The zero-order chi connectivity index (χ0) is 9.78. The Hall–Kier alpha value is -0.480. The Morgan fingerprint density at radius 2 is 1.75 bits per heavy atom. The first kappa shape index (κ1) is 11.5. The van der Waals surface area contributed by atoms with Crippen LogP contribution in [0, 0.1) is 24.2 Å². The minimum atomic E-state index is 0.662. The third-order valence-electron chi connectivity index (χ3n) is 2.11. The summed E-state index contributed by atoms with van der Waals surface area (Å²) in [7, 11) is 6.64. The summed E-state index contributed by atoms with van der Waals surface area (Å²) >= 11 is 0. The van der Waals surface area contributed by atoms with Crippen molar-refractivity contribution in [2.45, 2.75) is 20.3 Å². The molecule has 0 aliphatic heterocycles. The van der Waals surface area contributed by atoms with Crippen LogP contribution in [-0.2, 0) is 0 Å². The van der Waals surface area contributed by atoms with Gasteiger partial charge in [0.2, 0.25) is 0 Å². The van der Waals surface area contributed by atoms with Gasteiger partial charge in [0.1, 0.15) is 0 Å². The largest absolute Gasteiger partial charge is 0.331 e. The average molecular weight is 168 g/mol. The van der Waals surface area contributed by atoms with Crippen molar-refractivity contribution in [1.29, 1.82) is 0 Å². The molecule has 0 saturated carbocycles. The molecule has 1 atom stereocenters. The van der Waals surface area contributed by atoms with Crippen LogP contribution in [0.4, 0.5) is 0 Å². The van der Waals surface area contributed by atoms with Crippen LogP contribution in [0.25, 0.3) is 0 Å². The van der Waals surface area contributed by atoms with E-state index in [0.29, 0.717) is 11.8 Å². The van der Waals surface area contributed by atoms with Crippen LogP contribution in [0.2, 0.25) is 0 Å². The molecule has 0 N–H and O–H groups in total. The van der Waals surface area contributed by atoms with Gasteiger partial charge in [-0.25, -0.2) is 0 Å². The van der Waals surface area contributed by atoms with E-state index in [1.165, 1.54) is 6.54 Å². The highest BCUT2D eigenvalue weighted by Crippen LogP contribution is 2.17. The van der Waals surface area contributed by atoms with Crippen molar-refractivity contribution in [3.63, 3.8) is 0 Å². The molecular formula is C11H22N+. The minimum absolute atomic E-state index is 0.662. The highest BCUT2D eigenvalue weighted by atomic mass is 15.3. The van der Waals surface area contributed by atoms with Crippen LogP contribution in [0.3, 0.4) is 0 Å². The molecule has 0 heterocycles. The van der Waals surface area contributed by atoms with Crippen LogP contribution >= 0.6 is 0 Å². The lowest BCUT2D eigenvalue weighted by Crippen LogP contribution is -2.40. The number of hydrogen-bond donors (Lipinski definition) is 0. The predicted octanol–water partition coefficient (Wildman–Crippen LogP) is 1.99. The molecule has 12 heavy (non-hydrogen) atoms. The van der Waals surface area contributed by atoms with Gasteiger partial charge in [-0.15, -0.1) is 12.3 Å². The average Bonchev–Trinajstić information content (AvgIpc) is 1.83. The number of nitrogens with zero attached hydrogens (tertiary/aromatic N) is 1. The molecule has 1 heteroatoms. The Labute approximate surface area is 77.4 Å². The Bertz CT molecular complexity index is 157. The van der Waals surface area contributed by atoms with Gasteiger partial charge in [-0.1, -0.05) is 13.8 Å². The van der Waals surface area contributed by atoms with Crippen molar-refractivity contribution in [2.24, 2.45) is 11.8 Å². The van der Waals surface area contributed by atoms with Gasteiger partial charge in [0.15, 0.2) is 0 Å². The fourth-order valence-corrected chi connectivity index (χ4v) is 1.37. The topological polar surface area (TPSA) is 0 Å². The monoisotopic (exact) mass is 168 g/mol. The summed E-state index contributed by atoms with van der Waals surface area (Å²) in [5.74, 6) is 4.12. The van der Waals surface area contributed by atoms with Crippen molar-refractivity contribution in [3.05, 3.63) is 0 Å². The second-order valence-electron chi connectivity index (χ2n) is 4.89. The van der Waals surface area contributed by atoms with E-state index in [1.807, 2.05) is 0 Å². The van der Waals surface area contributed by atoms with Crippen LogP contribution in [-0.4, -0.2) is 32.2 Å². The van der Waals surface area contributed by atoms with Crippen molar-refractivity contribution >= 4 is 0 Å².